The maximum atomic E-state index is 13.0. The van der Waals surface area contributed by atoms with Crippen molar-refractivity contribution in [3.63, 3.8) is 0 Å². The quantitative estimate of drug-likeness (QED) is 0.742. The first-order valence-corrected chi connectivity index (χ1v) is 9.11. The van der Waals surface area contributed by atoms with Gasteiger partial charge in [-0.2, -0.15) is 13.2 Å². The molecule has 158 valence electrons. The van der Waals surface area contributed by atoms with Gasteiger partial charge in [-0.25, -0.2) is 4.79 Å². The van der Waals surface area contributed by atoms with Gasteiger partial charge in [0.05, 0.1) is 5.56 Å². The molecule has 9 heteroatoms. The van der Waals surface area contributed by atoms with E-state index in [0.717, 1.165) is 16.5 Å². The second-order valence-electron chi connectivity index (χ2n) is 7.39. The Bertz CT molecular complexity index is 1020. The molecule has 2 aromatic rings. The number of alkyl halides is 3. The molecule has 2 N–H and O–H groups in total. The van der Waals surface area contributed by atoms with Crippen LogP contribution >= 0.6 is 0 Å². The first kappa shape index (κ1) is 21.4. The number of benzene rings is 2. The van der Waals surface area contributed by atoms with Crippen LogP contribution in [0.15, 0.2) is 42.5 Å². The predicted octanol–water partition coefficient (Wildman–Crippen LogP) is 3.73. The van der Waals surface area contributed by atoms with Gasteiger partial charge in [0.15, 0.2) is 0 Å². The van der Waals surface area contributed by atoms with E-state index in [1.807, 2.05) is 6.92 Å². The van der Waals surface area contributed by atoms with Crippen molar-refractivity contribution in [2.75, 3.05) is 11.9 Å². The summed E-state index contributed by atoms with van der Waals surface area (Å²) in [4.78, 5) is 38.3. The average molecular weight is 419 g/mol. The molecule has 1 atom stereocenters. The van der Waals surface area contributed by atoms with Crippen LogP contribution < -0.4 is 10.6 Å². The summed E-state index contributed by atoms with van der Waals surface area (Å²) in [5.41, 5.74) is -0.732. The second kappa shape index (κ2) is 7.47. The minimum absolute atomic E-state index is 0.0171. The minimum atomic E-state index is -4.56. The monoisotopic (exact) mass is 419 g/mol. The Morgan fingerprint density at radius 2 is 1.73 bits per heavy atom. The fourth-order valence-electron chi connectivity index (χ4n) is 3.27. The van der Waals surface area contributed by atoms with Gasteiger partial charge in [-0.15, -0.1) is 0 Å². The van der Waals surface area contributed by atoms with E-state index in [4.69, 9.17) is 0 Å². The van der Waals surface area contributed by atoms with Gasteiger partial charge in [0.1, 0.15) is 12.1 Å². The molecule has 0 spiro atoms. The Labute approximate surface area is 171 Å². The van der Waals surface area contributed by atoms with Gasteiger partial charge in [0.2, 0.25) is 5.91 Å². The zero-order chi connectivity index (χ0) is 22.3. The molecule has 0 saturated carbocycles. The number of imide groups is 1. The van der Waals surface area contributed by atoms with Crippen LogP contribution in [0.3, 0.4) is 0 Å². The zero-order valence-corrected chi connectivity index (χ0v) is 16.6. The van der Waals surface area contributed by atoms with E-state index in [1.165, 1.54) is 26.0 Å². The smallest absolute Gasteiger partial charge is 0.325 e. The minimum Gasteiger partial charge on any atom is -0.325 e. The summed E-state index contributed by atoms with van der Waals surface area (Å²) in [6, 6.07) is 9.64. The molecule has 1 heterocycles. The largest absolute Gasteiger partial charge is 0.416 e. The summed E-state index contributed by atoms with van der Waals surface area (Å²) in [6.07, 6.45) is -4.56. The van der Waals surface area contributed by atoms with Crippen LogP contribution in [0.1, 0.15) is 29.2 Å². The Kier molecular flexibility index (Phi) is 5.32. The maximum absolute atomic E-state index is 13.0. The fraction of sp³-hybridized carbons (Fsp3) is 0.286. The molecule has 0 radical (unpaired) electrons. The van der Waals surface area contributed by atoms with E-state index in [9.17, 15) is 27.6 Å². The SMILES string of the molecule is Cc1ccc(C2(C)NC(=O)N(CC(=O)Nc3ccc(C)c(C(F)(F)F)c3)C2=O)cc1. The van der Waals surface area contributed by atoms with Crippen molar-refractivity contribution >= 4 is 23.5 Å². The van der Waals surface area contributed by atoms with Crippen LogP contribution in [-0.2, 0) is 21.3 Å². The topological polar surface area (TPSA) is 78.5 Å². The molecule has 1 unspecified atom stereocenters. The zero-order valence-electron chi connectivity index (χ0n) is 16.6. The molecule has 1 fully saturated rings. The number of rotatable bonds is 4. The number of carbonyl (C=O) groups is 3. The molecule has 0 bridgehead atoms. The van der Waals surface area contributed by atoms with Crippen molar-refractivity contribution in [1.29, 1.82) is 0 Å². The number of amides is 4. The van der Waals surface area contributed by atoms with Crippen LogP contribution in [-0.4, -0.2) is 29.3 Å². The molecule has 0 aliphatic carbocycles. The number of hydrogen-bond donors (Lipinski definition) is 2. The molecule has 1 aliphatic rings. The number of nitrogens with one attached hydrogen (secondary N) is 2. The number of anilines is 1. The highest BCUT2D eigenvalue weighted by atomic mass is 19.4. The Balaban J connectivity index is 1.75. The Morgan fingerprint density at radius 3 is 2.33 bits per heavy atom. The molecule has 6 nitrogen and oxygen atoms in total. The number of hydrogen-bond acceptors (Lipinski definition) is 3. The van der Waals surface area contributed by atoms with Crippen molar-refractivity contribution in [3.8, 4) is 0 Å². The van der Waals surface area contributed by atoms with E-state index >= 15 is 0 Å². The van der Waals surface area contributed by atoms with Crippen LogP contribution in [0.5, 0.6) is 0 Å². The molecule has 1 saturated heterocycles. The van der Waals surface area contributed by atoms with Crippen molar-refractivity contribution < 1.29 is 27.6 Å². The lowest BCUT2D eigenvalue weighted by molar-refractivity contribution is -0.138. The molecule has 2 aromatic carbocycles. The fourth-order valence-corrected chi connectivity index (χ4v) is 3.27. The van der Waals surface area contributed by atoms with E-state index < -0.39 is 41.7 Å². The van der Waals surface area contributed by atoms with Crippen molar-refractivity contribution in [2.24, 2.45) is 0 Å². The summed E-state index contributed by atoms with van der Waals surface area (Å²) in [5.74, 6) is -1.41. The lowest BCUT2D eigenvalue weighted by Crippen LogP contribution is -2.42. The Morgan fingerprint density at radius 1 is 1.10 bits per heavy atom. The van der Waals surface area contributed by atoms with Gasteiger partial charge in [-0.1, -0.05) is 35.9 Å². The third kappa shape index (κ3) is 4.00. The van der Waals surface area contributed by atoms with Crippen LogP contribution in [0.4, 0.5) is 23.7 Å². The number of halogens is 3. The number of aryl methyl sites for hydroxylation is 2. The molecular weight excluding hydrogens is 399 g/mol. The summed E-state index contributed by atoms with van der Waals surface area (Å²) < 4.78 is 39.1. The first-order chi connectivity index (χ1) is 13.9. The molecule has 1 aliphatic heterocycles. The highest BCUT2D eigenvalue weighted by Gasteiger charge is 2.49. The predicted molar refractivity (Wildman–Crippen MR) is 104 cm³/mol. The van der Waals surface area contributed by atoms with Crippen LogP contribution in [0.25, 0.3) is 0 Å². The summed E-state index contributed by atoms with van der Waals surface area (Å²) >= 11 is 0. The average Bonchev–Trinajstić information content (AvgIpc) is 2.87. The lowest BCUT2D eigenvalue weighted by Gasteiger charge is -2.22. The van der Waals surface area contributed by atoms with Gasteiger partial charge in [0, 0.05) is 5.69 Å². The summed E-state index contributed by atoms with van der Waals surface area (Å²) in [5, 5.41) is 4.89. The normalized spacial score (nSPS) is 19.1. The molecule has 30 heavy (non-hydrogen) atoms. The number of nitrogens with zero attached hydrogens (tertiary/aromatic N) is 1. The van der Waals surface area contributed by atoms with Gasteiger partial charge < -0.3 is 10.6 Å². The summed E-state index contributed by atoms with van der Waals surface area (Å²) in [7, 11) is 0. The molecule has 0 aromatic heterocycles. The lowest BCUT2D eigenvalue weighted by atomic mass is 9.91. The molecular formula is C21H20F3N3O3. The first-order valence-electron chi connectivity index (χ1n) is 9.11. The Hall–Kier alpha value is -3.36. The number of carbonyl (C=O) groups excluding carboxylic acids is 3. The number of urea groups is 1. The third-order valence-electron chi connectivity index (χ3n) is 5.03. The van der Waals surface area contributed by atoms with E-state index in [2.05, 4.69) is 10.6 Å². The van der Waals surface area contributed by atoms with Crippen LogP contribution in [0.2, 0.25) is 0 Å². The highest BCUT2D eigenvalue weighted by Crippen LogP contribution is 2.33. The second-order valence-corrected chi connectivity index (χ2v) is 7.39. The summed E-state index contributed by atoms with van der Waals surface area (Å²) in [6.45, 7) is 4.10. The van der Waals surface area contributed by atoms with Crippen molar-refractivity contribution in [3.05, 3.63) is 64.7 Å². The van der Waals surface area contributed by atoms with Gasteiger partial charge >= 0.3 is 12.2 Å². The van der Waals surface area contributed by atoms with Gasteiger partial charge in [-0.05, 0) is 44.0 Å². The highest BCUT2D eigenvalue weighted by molar-refractivity contribution is 6.10. The van der Waals surface area contributed by atoms with Crippen molar-refractivity contribution in [1.82, 2.24) is 10.2 Å². The van der Waals surface area contributed by atoms with Gasteiger partial charge in [0.25, 0.3) is 5.91 Å². The maximum Gasteiger partial charge on any atom is 0.416 e. The molecule has 4 amide bonds. The van der Waals surface area contributed by atoms with E-state index in [1.54, 1.807) is 24.3 Å². The van der Waals surface area contributed by atoms with E-state index in [0.29, 0.717) is 5.56 Å². The van der Waals surface area contributed by atoms with Crippen molar-refractivity contribution in [2.45, 2.75) is 32.5 Å². The third-order valence-corrected chi connectivity index (χ3v) is 5.03. The van der Waals surface area contributed by atoms with Crippen LogP contribution in [0, 0.1) is 13.8 Å². The van der Waals surface area contributed by atoms with Gasteiger partial charge in [-0.3, -0.25) is 14.5 Å². The molecule has 3 rings (SSSR count). The van der Waals surface area contributed by atoms with E-state index in [-0.39, 0.29) is 11.3 Å². The standard InChI is InChI=1S/C21H20F3N3O3/c1-12-4-7-14(8-5-12)20(3)18(29)27(19(30)26-20)11-17(28)25-15-9-6-13(2)16(10-15)21(22,23)24/h4-10H,11H2,1-3H3,(H,25,28)(H,26,30).